The Hall–Kier alpha value is -4.34. The van der Waals surface area contributed by atoms with E-state index in [0.717, 1.165) is 5.56 Å². The maximum Gasteiger partial charge on any atom is 0.273 e. The number of ether oxygens (including phenoxy) is 2. The summed E-state index contributed by atoms with van der Waals surface area (Å²) in [6.07, 6.45) is 5.82. The number of nitro groups is 1. The molecule has 2 aromatic heterocycles. The normalized spacial score (nSPS) is 10.1. The molecule has 0 saturated heterocycles. The molecule has 0 aliphatic rings. The Morgan fingerprint density at radius 3 is 1.90 bits per heavy atom. The number of nitro benzene ring substituents is 1. The van der Waals surface area contributed by atoms with Crippen LogP contribution in [0.3, 0.4) is 0 Å². The fraction of sp³-hybridized carbons (Fsp3) is 0.100. The van der Waals surface area contributed by atoms with Gasteiger partial charge in [0.05, 0.1) is 48.7 Å². The van der Waals surface area contributed by atoms with Gasteiger partial charge in [0, 0.05) is 17.8 Å². The maximum absolute atomic E-state index is 10.6. The topological polar surface area (TPSA) is 140 Å². The smallest absolute Gasteiger partial charge is 0.273 e. The predicted molar refractivity (Wildman–Crippen MR) is 108 cm³/mol. The lowest BCUT2D eigenvalue weighted by molar-refractivity contribution is -0.384. The van der Waals surface area contributed by atoms with E-state index < -0.39 is 4.92 Å². The van der Waals surface area contributed by atoms with Crippen LogP contribution in [0.5, 0.6) is 11.5 Å². The number of methoxy groups -OCH3 is 2. The second-order valence-electron chi connectivity index (χ2n) is 5.83. The fourth-order valence-corrected chi connectivity index (χ4v) is 2.61. The van der Waals surface area contributed by atoms with Crippen LogP contribution >= 0.6 is 0 Å². The molecule has 4 rings (SSSR count). The Balaban J connectivity index is 0.000000172. The Kier molecular flexibility index (Phi) is 6.28. The van der Waals surface area contributed by atoms with Crippen LogP contribution in [-0.4, -0.2) is 29.1 Å². The standard InChI is InChI=1S/C10H8N2O4.C10H10N2O2/c1-15-9-4-7(12(13)14)2-3-8(9)10-5-11-6-16-10;1-13-9-4-7(11)2-3-8(9)10-5-12-6-14-10/h2-6H,1H3;2-6H,11H2,1H3. The average Bonchev–Trinajstić information content (AvgIpc) is 3.48. The minimum Gasteiger partial charge on any atom is -0.496 e. The first-order valence-corrected chi connectivity index (χ1v) is 8.57. The molecule has 0 aliphatic heterocycles. The molecule has 154 valence electrons. The number of anilines is 1. The Morgan fingerprint density at radius 2 is 1.43 bits per heavy atom. The van der Waals surface area contributed by atoms with Crippen molar-refractivity contribution in [2.75, 3.05) is 20.0 Å². The van der Waals surface area contributed by atoms with E-state index in [1.54, 1.807) is 31.5 Å². The number of hydrogen-bond acceptors (Lipinski definition) is 9. The van der Waals surface area contributed by atoms with Gasteiger partial charge < -0.3 is 24.0 Å². The van der Waals surface area contributed by atoms with E-state index in [9.17, 15) is 10.1 Å². The Bertz CT molecular complexity index is 1110. The highest BCUT2D eigenvalue weighted by Gasteiger charge is 2.14. The third-order valence-electron chi connectivity index (χ3n) is 4.02. The van der Waals surface area contributed by atoms with Gasteiger partial charge in [-0.3, -0.25) is 10.1 Å². The van der Waals surface area contributed by atoms with Crippen molar-refractivity contribution in [3.05, 3.63) is 71.7 Å². The van der Waals surface area contributed by atoms with Crippen molar-refractivity contribution in [2.45, 2.75) is 0 Å². The molecule has 0 saturated carbocycles. The number of nitrogens with two attached hydrogens (primary N) is 1. The summed E-state index contributed by atoms with van der Waals surface area (Å²) in [6.45, 7) is 0. The largest absolute Gasteiger partial charge is 0.496 e. The molecular weight excluding hydrogens is 392 g/mol. The predicted octanol–water partition coefficient (Wildman–Crippen LogP) is 4.19. The van der Waals surface area contributed by atoms with Crippen molar-refractivity contribution in [1.29, 1.82) is 0 Å². The summed E-state index contributed by atoms with van der Waals surface area (Å²) < 4.78 is 20.5. The van der Waals surface area contributed by atoms with E-state index in [2.05, 4.69) is 9.97 Å². The van der Waals surface area contributed by atoms with Crippen LogP contribution in [-0.2, 0) is 0 Å². The van der Waals surface area contributed by atoms with E-state index >= 15 is 0 Å². The van der Waals surface area contributed by atoms with Crippen molar-refractivity contribution in [3.8, 4) is 34.1 Å². The molecule has 0 aliphatic carbocycles. The molecule has 0 unspecified atom stereocenters. The highest BCUT2D eigenvalue weighted by molar-refractivity contribution is 5.69. The summed E-state index contributed by atoms with van der Waals surface area (Å²) in [7, 11) is 3.04. The summed E-state index contributed by atoms with van der Waals surface area (Å²) in [5, 5.41) is 10.6. The summed E-state index contributed by atoms with van der Waals surface area (Å²) in [5.74, 6) is 2.24. The molecule has 2 N–H and O–H groups in total. The zero-order valence-electron chi connectivity index (χ0n) is 16.1. The molecule has 10 heteroatoms. The van der Waals surface area contributed by atoms with Crippen molar-refractivity contribution in [3.63, 3.8) is 0 Å². The average molecular weight is 410 g/mol. The molecule has 0 bridgehead atoms. The van der Waals surface area contributed by atoms with E-state index in [1.807, 2.05) is 6.07 Å². The van der Waals surface area contributed by atoms with E-state index in [4.69, 9.17) is 24.0 Å². The molecule has 0 radical (unpaired) electrons. The molecule has 0 fully saturated rings. The van der Waals surface area contributed by atoms with Gasteiger partial charge in [-0.15, -0.1) is 0 Å². The highest BCUT2D eigenvalue weighted by atomic mass is 16.6. The highest BCUT2D eigenvalue weighted by Crippen LogP contribution is 2.33. The molecule has 2 aromatic carbocycles. The van der Waals surface area contributed by atoms with Crippen molar-refractivity contribution in [1.82, 2.24) is 9.97 Å². The van der Waals surface area contributed by atoms with Crippen LogP contribution in [0.15, 0.2) is 70.4 Å². The van der Waals surface area contributed by atoms with Gasteiger partial charge in [0.1, 0.15) is 11.5 Å². The van der Waals surface area contributed by atoms with Gasteiger partial charge in [0.15, 0.2) is 24.3 Å². The number of benzene rings is 2. The second-order valence-corrected chi connectivity index (χ2v) is 5.83. The molecule has 0 atom stereocenters. The number of oxazole rings is 2. The molecule has 30 heavy (non-hydrogen) atoms. The third-order valence-corrected chi connectivity index (χ3v) is 4.02. The summed E-state index contributed by atoms with van der Waals surface area (Å²) in [5.41, 5.74) is 7.74. The quantitative estimate of drug-likeness (QED) is 0.291. The molecular formula is C20H18N4O6. The van der Waals surface area contributed by atoms with Crippen LogP contribution in [0.4, 0.5) is 11.4 Å². The van der Waals surface area contributed by atoms with Crippen LogP contribution in [0, 0.1) is 10.1 Å². The summed E-state index contributed by atoms with van der Waals surface area (Å²) in [4.78, 5) is 17.7. The van der Waals surface area contributed by atoms with Gasteiger partial charge in [-0.25, -0.2) is 9.97 Å². The first kappa shape index (κ1) is 20.4. The third kappa shape index (κ3) is 4.55. The van der Waals surface area contributed by atoms with Crippen molar-refractivity contribution in [2.24, 2.45) is 0 Å². The van der Waals surface area contributed by atoms with Crippen LogP contribution in [0.25, 0.3) is 22.6 Å². The van der Waals surface area contributed by atoms with E-state index in [-0.39, 0.29) is 5.69 Å². The maximum atomic E-state index is 10.6. The van der Waals surface area contributed by atoms with Crippen LogP contribution in [0.1, 0.15) is 0 Å². The Morgan fingerprint density at radius 1 is 0.900 bits per heavy atom. The van der Waals surface area contributed by atoms with E-state index in [0.29, 0.717) is 34.3 Å². The first-order valence-electron chi connectivity index (χ1n) is 8.57. The zero-order chi connectivity index (χ0) is 21.5. The molecule has 2 heterocycles. The Labute approximate surface area is 171 Å². The van der Waals surface area contributed by atoms with Gasteiger partial charge in [-0.05, 0) is 18.2 Å². The molecule has 4 aromatic rings. The minimum atomic E-state index is -0.479. The van der Waals surface area contributed by atoms with Crippen LogP contribution in [0.2, 0.25) is 0 Å². The number of nitrogens with zero attached hydrogens (tertiary/aromatic N) is 3. The van der Waals surface area contributed by atoms with Gasteiger partial charge in [0.2, 0.25) is 0 Å². The molecule has 0 amide bonds. The second kappa shape index (κ2) is 9.24. The summed E-state index contributed by atoms with van der Waals surface area (Å²) >= 11 is 0. The van der Waals surface area contributed by atoms with Gasteiger partial charge in [0.25, 0.3) is 5.69 Å². The lowest BCUT2D eigenvalue weighted by Gasteiger charge is -2.05. The first-order chi connectivity index (χ1) is 14.5. The fourth-order valence-electron chi connectivity index (χ4n) is 2.61. The lowest BCUT2D eigenvalue weighted by Crippen LogP contribution is -1.91. The van der Waals surface area contributed by atoms with Gasteiger partial charge in [-0.2, -0.15) is 0 Å². The van der Waals surface area contributed by atoms with Crippen LogP contribution < -0.4 is 15.2 Å². The minimum absolute atomic E-state index is 0.0277. The summed E-state index contributed by atoms with van der Waals surface area (Å²) in [6, 6.07) is 9.68. The monoisotopic (exact) mass is 410 g/mol. The van der Waals surface area contributed by atoms with Gasteiger partial charge in [-0.1, -0.05) is 0 Å². The van der Waals surface area contributed by atoms with Gasteiger partial charge >= 0.3 is 0 Å². The number of aromatic nitrogens is 2. The van der Waals surface area contributed by atoms with Crippen molar-refractivity contribution < 1.29 is 23.2 Å². The number of rotatable bonds is 5. The SMILES string of the molecule is COc1cc(N)ccc1-c1cnco1.COc1cc([N+](=O)[O-])ccc1-c1cnco1. The molecule has 10 nitrogen and oxygen atoms in total. The number of non-ortho nitro benzene ring substituents is 1. The van der Waals surface area contributed by atoms with E-state index in [1.165, 1.54) is 38.2 Å². The number of hydrogen-bond donors (Lipinski definition) is 1. The zero-order valence-corrected chi connectivity index (χ0v) is 16.1. The van der Waals surface area contributed by atoms with Crippen molar-refractivity contribution >= 4 is 11.4 Å². The number of nitrogen functional groups attached to an aromatic ring is 1. The lowest BCUT2D eigenvalue weighted by atomic mass is 10.1. The molecule has 0 spiro atoms.